The van der Waals surface area contributed by atoms with E-state index in [2.05, 4.69) is 15.9 Å². The van der Waals surface area contributed by atoms with E-state index in [1.807, 2.05) is 0 Å². The maximum Gasteiger partial charge on any atom is 0.206 e. The molecule has 0 saturated heterocycles. The van der Waals surface area contributed by atoms with E-state index in [9.17, 15) is 4.79 Å². The standard InChI is InChI=1S/C11H5BrCl2OS/c12-7-3-1-2-6(9(7)14)10(15)11-8(13)4-5-16-11/h1-5H. The summed E-state index contributed by atoms with van der Waals surface area (Å²) in [6.45, 7) is 0. The highest BCUT2D eigenvalue weighted by Gasteiger charge is 2.17. The van der Waals surface area contributed by atoms with E-state index in [0.717, 1.165) is 0 Å². The van der Waals surface area contributed by atoms with Gasteiger partial charge in [-0.15, -0.1) is 11.3 Å². The molecule has 0 aliphatic carbocycles. The van der Waals surface area contributed by atoms with Gasteiger partial charge in [0.2, 0.25) is 5.78 Å². The van der Waals surface area contributed by atoms with E-state index in [0.29, 0.717) is 25.0 Å². The lowest BCUT2D eigenvalue weighted by Crippen LogP contribution is -2.00. The average molecular weight is 336 g/mol. The first-order chi connectivity index (χ1) is 7.61. The highest BCUT2D eigenvalue weighted by molar-refractivity contribution is 9.10. The van der Waals surface area contributed by atoms with E-state index in [4.69, 9.17) is 23.2 Å². The molecule has 2 rings (SSSR count). The Morgan fingerprint density at radius 1 is 1.25 bits per heavy atom. The fourth-order valence-corrected chi connectivity index (χ4v) is 2.93. The minimum atomic E-state index is -0.147. The smallest absolute Gasteiger partial charge is 0.206 e. The summed E-state index contributed by atoms with van der Waals surface area (Å²) < 4.78 is 0.702. The zero-order valence-corrected chi connectivity index (χ0v) is 11.8. The number of halogens is 3. The first-order valence-electron chi connectivity index (χ1n) is 4.33. The maximum atomic E-state index is 12.1. The van der Waals surface area contributed by atoms with E-state index in [1.54, 1.807) is 29.6 Å². The van der Waals surface area contributed by atoms with Crippen LogP contribution in [0.5, 0.6) is 0 Å². The van der Waals surface area contributed by atoms with Gasteiger partial charge in [-0.1, -0.05) is 29.3 Å². The third-order valence-electron chi connectivity index (χ3n) is 2.02. The molecule has 0 unspecified atom stereocenters. The van der Waals surface area contributed by atoms with Crippen molar-refractivity contribution in [2.24, 2.45) is 0 Å². The third kappa shape index (κ3) is 2.18. The molecule has 1 nitrogen and oxygen atoms in total. The normalized spacial score (nSPS) is 10.4. The van der Waals surface area contributed by atoms with E-state index in [1.165, 1.54) is 11.3 Å². The molecule has 16 heavy (non-hydrogen) atoms. The fraction of sp³-hybridized carbons (Fsp3) is 0. The van der Waals surface area contributed by atoms with Crippen LogP contribution in [0.3, 0.4) is 0 Å². The van der Waals surface area contributed by atoms with Gasteiger partial charge in [0.25, 0.3) is 0 Å². The van der Waals surface area contributed by atoms with Gasteiger partial charge in [0.05, 0.1) is 14.9 Å². The van der Waals surface area contributed by atoms with Gasteiger partial charge in [0, 0.05) is 10.0 Å². The predicted molar refractivity (Wildman–Crippen MR) is 71.9 cm³/mol. The first kappa shape index (κ1) is 12.1. The molecule has 0 aliphatic rings. The Balaban J connectivity index is 2.50. The van der Waals surface area contributed by atoms with Crippen LogP contribution in [0.4, 0.5) is 0 Å². The molecule has 1 heterocycles. The Morgan fingerprint density at radius 3 is 2.62 bits per heavy atom. The van der Waals surface area contributed by atoms with Crippen molar-refractivity contribution in [1.29, 1.82) is 0 Å². The number of carbonyl (C=O) groups excluding carboxylic acids is 1. The molecule has 2 aromatic rings. The van der Waals surface area contributed by atoms with E-state index >= 15 is 0 Å². The summed E-state index contributed by atoms with van der Waals surface area (Å²) in [7, 11) is 0. The molecular weight excluding hydrogens is 331 g/mol. The highest BCUT2D eigenvalue weighted by atomic mass is 79.9. The largest absolute Gasteiger partial charge is 0.288 e. The number of carbonyl (C=O) groups is 1. The Labute approximate surface area is 115 Å². The van der Waals surface area contributed by atoms with Gasteiger partial charge >= 0.3 is 0 Å². The number of hydrogen-bond acceptors (Lipinski definition) is 2. The van der Waals surface area contributed by atoms with Crippen LogP contribution in [0.25, 0.3) is 0 Å². The van der Waals surface area contributed by atoms with Crippen molar-refractivity contribution < 1.29 is 4.79 Å². The lowest BCUT2D eigenvalue weighted by molar-refractivity contribution is 0.104. The lowest BCUT2D eigenvalue weighted by Gasteiger charge is -2.03. The molecule has 0 bridgehead atoms. The number of thiophene rings is 1. The van der Waals surface area contributed by atoms with Crippen molar-refractivity contribution in [3.05, 3.63) is 54.6 Å². The number of benzene rings is 1. The molecule has 0 saturated carbocycles. The summed E-state index contributed by atoms with van der Waals surface area (Å²) in [5.74, 6) is -0.147. The molecule has 0 fully saturated rings. The fourth-order valence-electron chi connectivity index (χ4n) is 1.26. The average Bonchev–Trinajstić information content (AvgIpc) is 2.68. The van der Waals surface area contributed by atoms with Gasteiger partial charge in [0.15, 0.2) is 0 Å². The summed E-state index contributed by atoms with van der Waals surface area (Å²) in [6, 6.07) is 6.94. The molecule has 1 aromatic heterocycles. The first-order valence-corrected chi connectivity index (χ1v) is 6.76. The zero-order valence-electron chi connectivity index (χ0n) is 7.84. The minimum absolute atomic E-state index is 0.147. The maximum absolute atomic E-state index is 12.1. The van der Waals surface area contributed by atoms with Gasteiger partial charge in [-0.05, 0) is 39.5 Å². The highest BCUT2D eigenvalue weighted by Crippen LogP contribution is 2.31. The zero-order chi connectivity index (χ0) is 11.7. The summed E-state index contributed by atoms with van der Waals surface area (Å²) in [5.41, 5.74) is 0.459. The molecule has 0 radical (unpaired) electrons. The Hall–Kier alpha value is -0.350. The van der Waals surface area contributed by atoms with E-state index < -0.39 is 0 Å². The summed E-state index contributed by atoms with van der Waals surface area (Å²) in [5, 5.41) is 2.66. The Morgan fingerprint density at radius 2 is 2.00 bits per heavy atom. The molecule has 0 spiro atoms. The van der Waals surface area contributed by atoms with Crippen molar-refractivity contribution in [2.75, 3.05) is 0 Å². The SMILES string of the molecule is O=C(c1cccc(Br)c1Cl)c1sccc1Cl. The van der Waals surface area contributed by atoms with E-state index in [-0.39, 0.29) is 5.78 Å². The monoisotopic (exact) mass is 334 g/mol. The minimum Gasteiger partial charge on any atom is -0.288 e. The molecule has 1 aromatic carbocycles. The van der Waals surface area contributed by atoms with Crippen molar-refractivity contribution in [3.63, 3.8) is 0 Å². The second-order valence-electron chi connectivity index (χ2n) is 3.03. The Bertz CT molecular complexity index is 551. The predicted octanol–water partition coefficient (Wildman–Crippen LogP) is 5.05. The van der Waals surface area contributed by atoms with Crippen LogP contribution in [-0.4, -0.2) is 5.78 Å². The van der Waals surface area contributed by atoms with Gasteiger partial charge < -0.3 is 0 Å². The van der Waals surface area contributed by atoms with Crippen molar-refractivity contribution in [3.8, 4) is 0 Å². The molecule has 0 aliphatic heterocycles. The summed E-state index contributed by atoms with van der Waals surface area (Å²) >= 11 is 16.6. The van der Waals surface area contributed by atoms with Crippen molar-refractivity contribution in [2.45, 2.75) is 0 Å². The second-order valence-corrected chi connectivity index (χ2v) is 5.58. The van der Waals surface area contributed by atoms with Crippen molar-refractivity contribution in [1.82, 2.24) is 0 Å². The van der Waals surface area contributed by atoms with Crippen LogP contribution in [0.15, 0.2) is 34.1 Å². The topological polar surface area (TPSA) is 17.1 Å². The van der Waals surface area contributed by atoms with Crippen LogP contribution < -0.4 is 0 Å². The molecule has 0 amide bonds. The van der Waals surface area contributed by atoms with Crippen LogP contribution in [0.1, 0.15) is 15.2 Å². The van der Waals surface area contributed by atoms with Crippen LogP contribution in [0, 0.1) is 0 Å². The van der Waals surface area contributed by atoms with Crippen molar-refractivity contribution >= 4 is 56.3 Å². The number of rotatable bonds is 2. The molecule has 0 N–H and O–H groups in total. The number of ketones is 1. The van der Waals surface area contributed by atoms with Gasteiger partial charge in [-0.25, -0.2) is 0 Å². The van der Waals surface area contributed by atoms with Crippen LogP contribution >= 0.6 is 50.5 Å². The molecule has 5 heteroatoms. The van der Waals surface area contributed by atoms with Crippen LogP contribution in [-0.2, 0) is 0 Å². The molecule has 0 atom stereocenters. The number of hydrogen-bond donors (Lipinski definition) is 0. The Kier molecular flexibility index (Phi) is 3.70. The summed E-state index contributed by atoms with van der Waals surface area (Å²) in [4.78, 5) is 12.6. The van der Waals surface area contributed by atoms with Gasteiger partial charge in [0.1, 0.15) is 0 Å². The lowest BCUT2D eigenvalue weighted by atomic mass is 10.1. The van der Waals surface area contributed by atoms with Crippen LogP contribution in [0.2, 0.25) is 10.0 Å². The van der Waals surface area contributed by atoms with Gasteiger partial charge in [-0.2, -0.15) is 0 Å². The van der Waals surface area contributed by atoms with Gasteiger partial charge in [-0.3, -0.25) is 4.79 Å². The molecular formula is C11H5BrCl2OS. The summed E-state index contributed by atoms with van der Waals surface area (Å²) in [6.07, 6.45) is 0. The third-order valence-corrected chi connectivity index (χ3v) is 4.66. The molecule has 82 valence electrons. The quantitative estimate of drug-likeness (QED) is 0.702. The second kappa shape index (κ2) is 4.88.